The van der Waals surface area contributed by atoms with Gasteiger partial charge in [-0.15, -0.1) is 0 Å². The maximum atomic E-state index is 14.8. The highest BCUT2D eigenvalue weighted by molar-refractivity contribution is 6.31. The summed E-state index contributed by atoms with van der Waals surface area (Å²) in [6.45, 7) is 1.16. The van der Waals surface area contributed by atoms with E-state index in [4.69, 9.17) is 27.8 Å². The van der Waals surface area contributed by atoms with Gasteiger partial charge in [-0.05, 0) is 36.8 Å². The van der Waals surface area contributed by atoms with Crippen LogP contribution in [0.25, 0.3) is 11.3 Å². The van der Waals surface area contributed by atoms with Crippen LogP contribution in [0.4, 0.5) is 8.78 Å². The number of ether oxygens (including phenoxy) is 1. The number of aromatic nitrogens is 2. The van der Waals surface area contributed by atoms with Crippen LogP contribution >= 0.6 is 11.6 Å². The van der Waals surface area contributed by atoms with Crippen LogP contribution in [0.5, 0.6) is 5.75 Å². The summed E-state index contributed by atoms with van der Waals surface area (Å²) in [6.07, 6.45) is 2.95. The van der Waals surface area contributed by atoms with Gasteiger partial charge in [-0.1, -0.05) is 11.6 Å². The number of aliphatic hydroxyl groups is 1. The molecule has 0 spiro atoms. The number of hydrogen-bond acceptors (Lipinski definition) is 6. The third-order valence-electron chi connectivity index (χ3n) is 5.76. The number of rotatable bonds is 5. The van der Waals surface area contributed by atoms with Gasteiger partial charge >= 0.3 is 0 Å². The summed E-state index contributed by atoms with van der Waals surface area (Å²) in [7, 11) is 0. The zero-order valence-electron chi connectivity index (χ0n) is 16.9. The molecule has 0 bridgehead atoms. The van der Waals surface area contributed by atoms with Gasteiger partial charge in [-0.25, -0.2) is 13.8 Å². The fourth-order valence-corrected chi connectivity index (χ4v) is 3.85. The van der Waals surface area contributed by atoms with E-state index in [1.54, 1.807) is 19.1 Å². The van der Waals surface area contributed by atoms with Gasteiger partial charge in [-0.2, -0.15) is 0 Å². The Hall–Kier alpha value is -3.14. The Morgan fingerprint density at radius 3 is 2.59 bits per heavy atom. The Labute approximate surface area is 187 Å². The minimum Gasteiger partial charge on any atom is -0.489 e. The van der Waals surface area contributed by atoms with Crippen LogP contribution in [0.2, 0.25) is 5.02 Å². The minimum absolute atomic E-state index is 0.0257. The topological polar surface area (TPSA) is 124 Å². The SMILES string of the molecule is C[C@]1(C(N)=O)COc2c1cc(C(O)(CN)c1ccncc1)nc2-c1cc(Cl)c(F)cc1F. The van der Waals surface area contributed by atoms with Crippen molar-refractivity contribution in [2.45, 2.75) is 17.9 Å². The van der Waals surface area contributed by atoms with Gasteiger partial charge in [0.15, 0.2) is 0 Å². The lowest BCUT2D eigenvalue weighted by Crippen LogP contribution is -2.41. The molecule has 1 aliphatic rings. The number of hydrogen-bond donors (Lipinski definition) is 3. The smallest absolute Gasteiger partial charge is 0.231 e. The van der Waals surface area contributed by atoms with E-state index in [-0.39, 0.29) is 40.9 Å². The van der Waals surface area contributed by atoms with Crippen molar-refractivity contribution in [3.63, 3.8) is 0 Å². The normalized spacial score (nSPS) is 19.2. The van der Waals surface area contributed by atoms with Crippen LogP contribution in [-0.2, 0) is 15.8 Å². The lowest BCUT2D eigenvalue weighted by atomic mass is 9.81. The number of carbonyl (C=O) groups is 1. The van der Waals surface area contributed by atoms with Crippen molar-refractivity contribution in [1.82, 2.24) is 9.97 Å². The molecule has 5 N–H and O–H groups in total. The van der Waals surface area contributed by atoms with Gasteiger partial charge in [0.25, 0.3) is 0 Å². The lowest BCUT2D eigenvalue weighted by molar-refractivity contribution is -0.123. The summed E-state index contributed by atoms with van der Waals surface area (Å²) < 4.78 is 34.3. The lowest BCUT2D eigenvalue weighted by Gasteiger charge is -2.28. The molecule has 0 aliphatic carbocycles. The van der Waals surface area contributed by atoms with Crippen LogP contribution in [-0.4, -0.2) is 34.1 Å². The zero-order valence-corrected chi connectivity index (χ0v) is 17.7. The van der Waals surface area contributed by atoms with E-state index in [1.165, 1.54) is 18.5 Å². The maximum Gasteiger partial charge on any atom is 0.231 e. The number of amides is 1. The number of carbonyl (C=O) groups excluding carboxylic acids is 1. The van der Waals surface area contributed by atoms with Gasteiger partial charge in [0.1, 0.15) is 40.7 Å². The average molecular weight is 461 g/mol. The molecule has 1 amide bonds. The van der Waals surface area contributed by atoms with E-state index >= 15 is 0 Å². The zero-order chi connectivity index (χ0) is 23.3. The fraction of sp³-hybridized carbons (Fsp3) is 0.227. The van der Waals surface area contributed by atoms with E-state index in [1.807, 2.05) is 0 Å². The van der Waals surface area contributed by atoms with Gasteiger partial charge in [0.2, 0.25) is 5.91 Å². The van der Waals surface area contributed by atoms with Crippen LogP contribution in [0, 0.1) is 11.6 Å². The Morgan fingerprint density at radius 1 is 1.28 bits per heavy atom. The number of halogens is 3. The number of fused-ring (bicyclic) bond motifs is 1. The van der Waals surface area contributed by atoms with E-state index in [0.29, 0.717) is 17.2 Å². The molecule has 0 fully saturated rings. The molecule has 2 atom stereocenters. The Morgan fingerprint density at radius 2 is 1.97 bits per heavy atom. The third-order valence-corrected chi connectivity index (χ3v) is 6.05. The second-order valence-corrected chi connectivity index (χ2v) is 8.17. The van der Waals surface area contributed by atoms with E-state index in [2.05, 4.69) is 9.97 Å². The molecule has 0 saturated heterocycles. The van der Waals surface area contributed by atoms with Crippen molar-refractivity contribution in [1.29, 1.82) is 0 Å². The first-order valence-corrected chi connectivity index (χ1v) is 9.96. The minimum atomic E-state index is -1.81. The van der Waals surface area contributed by atoms with Crippen LogP contribution in [0.3, 0.4) is 0 Å². The Kier molecular flexibility index (Phi) is 5.36. The van der Waals surface area contributed by atoms with E-state index < -0.39 is 28.6 Å². The number of primary amides is 1. The summed E-state index contributed by atoms with van der Waals surface area (Å²) in [5.74, 6) is -2.49. The molecule has 0 radical (unpaired) electrons. The number of benzene rings is 1. The standard InChI is InChI=1S/C22H19ClF2N4O3/c1-21(20(27)30)10-32-19-13(21)7-17(22(31,9-26)11-2-4-28-5-3-11)29-18(19)12-6-14(23)16(25)8-15(12)24/h2-8,31H,9-10,26H2,1H3,(H2,27,30)/t21-,22?/m0/s1. The first-order chi connectivity index (χ1) is 15.1. The highest BCUT2D eigenvalue weighted by atomic mass is 35.5. The molecule has 0 saturated carbocycles. The van der Waals surface area contributed by atoms with Gasteiger partial charge in [-0.3, -0.25) is 9.78 Å². The predicted octanol–water partition coefficient (Wildman–Crippen LogP) is 2.41. The predicted molar refractivity (Wildman–Crippen MR) is 113 cm³/mol. The molecule has 1 aromatic carbocycles. The molecule has 32 heavy (non-hydrogen) atoms. The first kappa shape index (κ1) is 22.1. The molecule has 166 valence electrons. The van der Waals surface area contributed by atoms with Crippen molar-refractivity contribution >= 4 is 17.5 Å². The fourth-order valence-electron chi connectivity index (χ4n) is 3.68. The molecule has 3 heterocycles. The summed E-state index contributed by atoms with van der Waals surface area (Å²) in [5, 5.41) is 11.2. The number of pyridine rings is 2. The van der Waals surface area contributed by atoms with Crippen LogP contribution in [0.15, 0.2) is 42.7 Å². The molecule has 1 aliphatic heterocycles. The molecular formula is C22H19ClF2N4O3. The number of nitrogens with two attached hydrogens (primary N) is 2. The molecule has 7 nitrogen and oxygen atoms in total. The van der Waals surface area contributed by atoms with Gasteiger partial charge in [0.05, 0.1) is 10.7 Å². The first-order valence-electron chi connectivity index (χ1n) is 9.58. The van der Waals surface area contributed by atoms with Crippen molar-refractivity contribution in [3.8, 4) is 17.0 Å². The molecule has 1 unspecified atom stereocenters. The summed E-state index contributed by atoms with van der Waals surface area (Å²) in [6, 6.07) is 6.27. The molecule has 2 aromatic heterocycles. The second-order valence-electron chi connectivity index (χ2n) is 7.76. The molecular weight excluding hydrogens is 442 g/mol. The molecule has 3 aromatic rings. The second kappa shape index (κ2) is 7.77. The van der Waals surface area contributed by atoms with Crippen molar-refractivity contribution in [2.75, 3.05) is 13.2 Å². The van der Waals surface area contributed by atoms with Crippen molar-refractivity contribution < 1.29 is 23.4 Å². The highest BCUT2D eigenvalue weighted by Gasteiger charge is 2.46. The molecule has 4 rings (SSSR count). The summed E-state index contributed by atoms with van der Waals surface area (Å²) >= 11 is 5.89. The Balaban J connectivity index is 2.05. The Bertz CT molecular complexity index is 1230. The highest BCUT2D eigenvalue weighted by Crippen LogP contribution is 2.47. The monoisotopic (exact) mass is 460 g/mol. The van der Waals surface area contributed by atoms with Gasteiger partial charge in [0, 0.05) is 36.1 Å². The van der Waals surface area contributed by atoms with Crippen LogP contribution in [0.1, 0.15) is 23.7 Å². The van der Waals surface area contributed by atoms with E-state index in [9.17, 15) is 18.7 Å². The van der Waals surface area contributed by atoms with E-state index in [0.717, 1.165) is 6.07 Å². The quantitative estimate of drug-likeness (QED) is 0.502. The van der Waals surface area contributed by atoms with Crippen molar-refractivity contribution in [3.05, 3.63) is 76.2 Å². The number of nitrogens with zero attached hydrogens (tertiary/aromatic N) is 2. The van der Waals surface area contributed by atoms with Crippen LogP contribution < -0.4 is 16.2 Å². The third kappa shape index (κ3) is 3.29. The summed E-state index contributed by atoms with van der Waals surface area (Å²) in [5.41, 5.74) is 8.93. The summed E-state index contributed by atoms with van der Waals surface area (Å²) in [4.78, 5) is 20.7. The maximum absolute atomic E-state index is 14.8. The largest absolute Gasteiger partial charge is 0.489 e. The van der Waals surface area contributed by atoms with Crippen molar-refractivity contribution in [2.24, 2.45) is 11.5 Å². The molecule has 10 heteroatoms. The van der Waals surface area contributed by atoms with Gasteiger partial charge < -0.3 is 21.3 Å². The average Bonchev–Trinajstić information content (AvgIpc) is 3.14.